The van der Waals surface area contributed by atoms with Gasteiger partial charge >= 0.3 is 17.9 Å². The van der Waals surface area contributed by atoms with Gasteiger partial charge in [-0.3, -0.25) is 4.90 Å². The van der Waals surface area contributed by atoms with Crippen LogP contribution in [0.5, 0.6) is 0 Å². The van der Waals surface area contributed by atoms with Crippen LogP contribution in [0.15, 0.2) is 54.6 Å². The van der Waals surface area contributed by atoms with Crippen LogP contribution in [0.4, 0.5) is 10.1 Å². The summed E-state index contributed by atoms with van der Waals surface area (Å²) in [6.07, 6.45) is -2.38. The lowest BCUT2D eigenvalue weighted by molar-refractivity contribution is -0.165. The van der Waals surface area contributed by atoms with Crippen LogP contribution < -0.4 is 5.32 Å². The lowest BCUT2D eigenvalue weighted by Crippen LogP contribution is -2.52. The maximum atomic E-state index is 13.2. The summed E-state index contributed by atoms with van der Waals surface area (Å²) in [6.45, 7) is 3.04. The molecule has 0 radical (unpaired) electrons. The van der Waals surface area contributed by atoms with Gasteiger partial charge in [0.1, 0.15) is 11.9 Å². The van der Waals surface area contributed by atoms with Crippen LogP contribution in [-0.4, -0.2) is 81.2 Å². The Hall–Kier alpha value is -3.54. The van der Waals surface area contributed by atoms with E-state index in [4.69, 9.17) is 25.2 Å². The van der Waals surface area contributed by atoms with Crippen LogP contribution in [0.3, 0.4) is 0 Å². The molecule has 3 heterocycles. The molecule has 11 heteroatoms. The van der Waals surface area contributed by atoms with Gasteiger partial charge in [0.25, 0.3) is 0 Å². The van der Waals surface area contributed by atoms with Gasteiger partial charge in [-0.25, -0.2) is 18.8 Å². The van der Waals surface area contributed by atoms with Crippen molar-refractivity contribution in [2.75, 3.05) is 25.0 Å². The lowest BCUT2D eigenvalue weighted by Gasteiger charge is -2.44. The number of piperidine rings is 3. The van der Waals surface area contributed by atoms with Gasteiger partial charge in [0.2, 0.25) is 0 Å². The number of ether oxygens (including phenoxy) is 1. The standard InChI is InChI=1S/C21H23FN2O2.C4H6O6/c22-17-6-8-18(9-7-17)23-20(16-4-2-1-3-5-16)21(25)26-19-14-24-12-10-15(19)11-13-24;5-1(3(7)8)2(6)4(9)10/h1-9,15,19-20,23H,10-14H2;1-2,5-6H,(H,7,8)(H,9,10)/t19-,20?;/m0./s1. The molecule has 3 unspecified atom stereocenters. The molecule has 5 rings (SSSR count). The molecule has 2 bridgehead atoms. The smallest absolute Gasteiger partial charge is 0.335 e. The Morgan fingerprint density at radius 1 is 0.917 bits per heavy atom. The van der Waals surface area contributed by atoms with Gasteiger partial charge in [0.15, 0.2) is 18.2 Å². The van der Waals surface area contributed by atoms with Crippen molar-refractivity contribution in [1.29, 1.82) is 0 Å². The number of aliphatic carboxylic acids is 2. The number of hydrogen-bond acceptors (Lipinski definition) is 8. The molecule has 0 aliphatic carbocycles. The van der Waals surface area contributed by atoms with Crippen molar-refractivity contribution in [3.8, 4) is 0 Å². The summed E-state index contributed by atoms with van der Waals surface area (Å²) in [6, 6.07) is 14.9. The summed E-state index contributed by atoms with van der Waals surface area (Å²) in [4.78, 5) is 34.9. The number of rotatable bonds is 8. The number of anilines is 1. The van der Waals surface area contributed by atoms with Crippen LogP contribution in [0.1, 0.15) is 24.4 Å². The minimum atomic E-state index is -2.27. The molecule has 2 aromatic carbocycles. The third-order valence-electron chi connectivity index (χ3n) is 6.19. The minimum absolute atomic E-state index is 0.0359. The van der Waals surface area contributed by atoms with E-state index in [9.17, 15) is 18.8 Å². The van der Waals surface area contributed by atoms with Crippen molar-refractivity contribution in [1.82, 2.24) is 4.90 Å². The Morgan fingerprint density at radius 3 is 1.94 bits per heavy atom. The number of hydrogen-bond donors (Lipinski definition) is 5. The second-order valence-corrected chi connectivity index (χ2v) is 8.67. The summed E-state index contributed by atoms with van der Waals surface area (Å²) < 4.78 is 19.1. The third kappa shape index (κ3) is 7.23. The number of carboxylic acids is 2. The van der Waals surface area contributed by atoms with Crippen LogP contribution >= 0.6 is 0 Å². The largest absolute Gasteiger partial charge is 0.479 e. The quantitative estimate of drug-likeness (QED) is 0.334. The summed E-state index contributed by atoms with van der Waals surface area (Å²) in [7, 11) is 0. The van der Waals surface area contributed by atoms with E-state index >= 15 is 0 Å². The number of esters is 1. The fourth-order valence-corrected chi connectivity index (χ4v) is 4.17. The molecule has 3 saturated heterocycles. The minimum Gasteiger partial charge on any atom is -0.479 e. The third-order valence-corrected chi connectivity index (χ3v) is 6.19. The summed E-state index contributed by atoms with van der Waals surface area (Å²) in [5, 5.41) is 35.7. The van der Waals surface area contributed by atoms with Crippen molar-refractivity contribution < 1.29 is 43.9 Å². The summed E-state index contributed by atoms with van der Waals surface area (Å²) in [5.74, 6) is -3.66. The van der Waals surface area contributed by atoms with Crippen molar-refractivity contribution in [2.45, 2.75) is 37.2 Å². The Bertz CT molecular complexity index is 1010. The fourth-order valence-electron chi connectivity index (χ4n) is 4.17. The molecule has 194 valence electrons. The zero-order valence-corrected chi connectivity index (χ0v) is 19.4. The van der Waals surface area contributed by atoms with E-state index in [0.29, 0.717) is 11.6 Å². The molecule has 3 aliphatic heterocycles. The molecule has 2 aromatic rings. The first kappa shape index (κ1) is 27.1. The topological polar surface area (TPSA) is 157 Å². The highest BCUT2D eigenvalue weighted by molar-refractivity contribution is 5.83. The van der Waals surface area contributed by atoms with E-state index in [0.717, 1.165) is 38.0 Å². The van der Waals surface area contributed by atoms with E-state index < -0.39 is 30.2 Å². The van der Waals surface area contributed by atoms with Gasteiger partial charge in [-0.1, -0.05) is 30.3 Å². The molecular formula is C25H29FN2O8. The number of fused-ring (bicyclic) bond motifs is 3. The van der Waals surface area contributed by atoms with Crippen molar-refractivity contribution in [2.24, 2.45) is 5.92 Å². The summed E-state index contributed by atoms with van der Waals surface area (Å²) in [5.41, 5.74) is 1.52. The van der Waals surface area contributed by atoms with Gasteiger partial charge in [0.05, 0.1) is 0 Å². The van der Waals surface area contributed by atoms with Crippen molar-refractivity contribution >= 4 is 23.6 Å². The lowest BCUT2D eigenvalue weighted by atomic mass is 9.86. The summed E-state index contributed by atoms with van der Waals surface area (Å²) >= 11 is 0. The number of nitrogens with one attached hydrogen (secondary N) is 1. The van der Waals surface area contributed by atoms with Gasteiger partial charge in [-0.05, 0) is 61.7 Å². The average molecular weight is 505 g/mol. The van der Waals surface area contributed by atoms with Crippen LogP contribution in [-0.2, 0) is 19.1 Å². The zero-order valence-electron chi connectivity index (χ0n) is 19.4. The van der Waals surface area contributed by atoms with Crippen molar-refractivity contribution in [3.63, 3.8) is 0 Å². The monoisotopic (exact) mass is 504 g/mol. The number of nitrogens with zero attached hydrogens (tertiary/aromatic N) is 1. The first-order valence-corrected chi connectivity index (χ1v) is 11.5. The van der Waals surface area contributed by atoms with Gasteiger partial charge in [0, 0.05) is 12.2 Å². The predicted octanol–water partition coefficient (Wildman–Crippen LogP) is 1.49. The maximum Gasteiger partial charge on any atom is 0.335 e. The van der Waals surface area contributed by atoms with E-state index in [1.54, 1.807) is 12.1 Å². The van der Waals surface area contributed by atoms with E-state index in [1.165, 1.54) is 12.1 Å². The number of benzene rings is 2. The van der Waals surface area contributed by atoms with E-state index in [1.807, 2.05) is 30.3 Å². The molecule has 5 N–H and O–H groups in total. The molecule has 0 aromatic heterocycles. The average Bonchev–Trinajstić information content (AvgIpc) is 2.88. The van der Waals surface area contributed by atoms with Crippen LogP contribution in [0.2, 0.25) is 0 Å². The molecule has 4 atom stereocenters. The van der Waals surface area contributed by atoms with E-state index in [-0.39, 0.29) is 17.9 Å². The molecule has 3 aliphatic rings. The van der Waals surface area contributed by atoms with Crippen LogP contribution in [0.25, 0.3) is 0 Å². The number of carbonyl (C=O) groups is 3. The molecule has 3 fully saturated rings. The van der Waals surface area contributed by atoms with E-state index in [2.05, 4.69) is 10.2 Å². The van der Waals surface area contributed by atoms with Crippen LogP contribution in [0, 0.1) is 11.7 Å². The fraction of sp³-hybridized carbons (Fsp3) is 0.400. The molecular weight excluding hydrogens is 475 g/mol. The molecule has 0 saturated carbocycles. The highest BCUT2D eigenvalue weighted by Crippen LogP contribution is 2.31. The SMILES string of the molecule is O=C(O)C(O)C(O)C(=O)O.O=C(O[C@H]1CN2CCC1CC2)C(Nc1ccc(F)cc1)c1ccccc1. The molecule has 0 amide bonds. The number of halogens is 1. The Morgan fingerprint density at radius 2 is 1.47 bits per heavy atom. The highest BCUT2D eigenvalue weighted by atomic mass is 19.1. The normalized spacial score (nSPS) is 22.8. The van der Waals surface area contributed by atoms with Gasteiger partial charge in [-0.2, -0.15) is 0 Å². The Balaban J connectivity index is 0.000000308. The number of aliphatic hydroxyl groups excluding tert-OH is 2. The molecule has 36 heavy (non-hydrogen) atoms. The second-order valence-electron chi connectivity index (χ2n) is 8.67. The second kappa shape index (κ2) is 12.4. The number of carbonyl (C=O) groups excluding carboxylic acids is 1. The first-order chi connectivity index (χ1) is 17.2. The molecule has 10 nitrogen and oxygen atoms in total. The van der Waals surface area contributed by atoms with Crippen molar-refractivity contribution in [3.05, 3.63) is 66.0 Å². The van der Waals surface area contributed by atoms with Gasteiger partial charge < -0.3 is 30.5 Å². The highest BCUT2D eigenvalue weighted by Gasteiger charge is 2.38. The zero-order chi connectivity index (χ0) is 26.2. The predicted molar refractivity (Wildman–Crippen MR) is 126 cm³/mol. The molecule has 0 spiro atoms. The Labute approximate surface area is 206 Å². The number of aliphatic hydroxyl groups is 2. The Kier molecular flexibility index (Phi) is 9.34. The maximum absolute atomic E-state index is 13.2. The van der Waals surface area contributed by atoms with Gasteiger partial charge in [-0.15, -0.1) is 0 Å². The number of carboxylic acid groups (broad SMARTS) is 2. The first-order valence-electron chi connectivity index (χ1n) is 11.5.